The third-order valence-corrected chi connectivity index (χ3v) is 0. The van der Waals surface area contributed by atoms with Crippen LogP contribution in [0.25, 0.3) is 0 Å². The van der Waals surface area contributed by atoms with Gasteiger partial charge in [-0.2, -0.15) is 0 Å². The van der Waals surface area contributed by atoms with E-state index in [-0.39, 0.29) is 63.0 Å². The quantitative estimate of drug-likeness (QED) is 0.454. The van der Waals surface area contributed by atoms with Gasteiger partial charge in [-0.3, -0.25) is 0 Å². The topological polar surface area (TPSA) is 0 Å². The molecule has 4 heteroatoms. The fourth-order valence-corrected chi connectivity index (χ4v) is 0. The molecule has 0 saturated carbocycles. The first-order valence-electron chi connectivity index (χ1n) is 0. The Kier molecular flexibility index (Phi) is 227. The van der Waals surface area contributed by atoms with Crippen molar-refractivity contribution in [1.82, 2.24) is 0 Å². The van der Waals surface area contributed by atoms with Crippen LogP contribution in [0.1, 0.15) is 0 Å². The van der Waals surface area contributed by atoms with E-state index in [0.29, 0.717) is 0 Å². The van der Waals surface area contributed by atoms with Crippen LogP contribution in [0, 0.1) is 0 Å². The summed E-state index contributed by atoms with van der Waals surface area (Å²) < 4.78 is 0. The van der Waals surface area contributed by atoms with E-state index in [1.807, 2.05) is 0 Å². The molecule has 0 aliphatic carbocycles. The zero-order valence-corrected chi connectivity index (χ0v) is 5.18. The van der Waals surface area contributed by atoms with Crippen molar-refractivity contribution in [3.63, 3.8) is 0 Å². The Balaban J connectivity index is 0. The van der Waals surface area contributed by atoms with Crippen LogP contribution in [0.5, 0.6) is 0 Å². The third kappa shape index (κ3) is 9.24. The molecule has 0 bridgehead atoms. The van der Waals surface area contributed by atoms with Crippen LogP contribution in [-0.2, 0) is 54.6 Å². The summed E-state index contributed by atoms with van der Waals surface area (Å²) in [7, 11) is 0. The zero-order chi connectivity index (χ0) is 0. The first-order valence-corrected chi connectivity index (χ1v) is 0. The molecule has 0 unspecified atom stereocenters. The molecule has 0 aliphatic heterocycles. The average Bonchev–Trinajstić information content (AvgIpc) is 0. The van der Waals surface area contributed by atoms with Crippen LogP contribution >= 0.6 is 0 Å². The Bertz CT molecular complexity index is 8.00. The van der Waals surface area contributed by atoms with Crippen LogP contribution < -0.4 is 0 Å². The average molecular weight is 224 g/mol. The minimum absolute atomic E-state index is 0. The Hall–Kier alpha value is 1.77. The number of rotatable bonds is 0. The van der Waals surface area contributed by atoms with E-state index >= 15 is 0 Å². The summed E-state index contributed by atoms with van der Waals surface area (Å²) in [5.41, 5.74) is 0. The summed E-state index contributed by atoms with van der Waals surface area (Å²) in [4.78, 5) is 0. The third-order valence-electron chi connectivity index (χ3n) is 0. The molecule has 0 N–H and O–H groups in total. The smallest absolute Gasteiger partial charge is 0 e. The summed E-state index contributed by atoms with van der Waals surface area (Å²) >= 11 is 0. The molecule has 0 amide bonds. The van der Waals surface area contributed by atoms with Crippen molar-refractivity contribution in [2.45, 2.75) is 0 Å². The van der Waals surface area contributed by atoms with Crippen molar-refractivity contribution in [2.24, 2.45) is 0 Å². The van der Waals surface area contributed by atoms with Gasteiger partial charge in [0.15, 0.2) is 0 Å². The van der Waals surface area contributed by atoms with Gasteiger partial charge in [0, 0.05) is 54.6 Å². The predicted octanol–water partition coefficient (Wildman–Crippen LogP) is -1.19. The van der Waals surface area contributed by atoms with E-state index in [4.69, 9.17) is 0 Å². The van der Waals surface area contributed by atoms with E-state index in [9.17, 15) is 0 Å². The fraction of sp³-hybridized carbons (Fsp3) is 0. The van der Waals surface area contributed by atoms with Gasteiger partial charge in [-0.25, -0.2) is 0 Å². The molecule has 30 valence electrons. The molecule has 0 aromatic rings. The maximum Gasteiger partial charge on any atom is 0.0814 e. The first-order chi connectivity index (χ1) is 0. The van der Waals surface area contributed by atoms with E-state index in [0.717, 1.165) is 0 Å². The molecule has 0 spiro atoms. The molecule has 0 fully saturated rings. The Morgan fingerprint density at radius 1 is 1.00 bits per heavy atom. The Labute approximate surface area is 62.7 Å². The van der Waals surface area contributed by atoms with Gasteiger partial charge in [-0.05, 0) is 0 Å². The molecule has 0 rings (SSSR count). The predicted molar refractivity (Wildman–Crippen MR) is 9.94 cm³/mol. The monoisotopic (exact) mass is 226 g/mol. The van der Waals surface area contributed by atoms with E-state index in [2.05, 4.69) is 0 Å². The largest absolute Gasteiger partial charge is 0.0814 e. The van der Waals surface area contributed by atoms with Crippen molar-refractivity contribution in [3.05, 3.63) is 0 Å². The summed E-state index contributed by atoms with van der Waals surface area (Å²) in [5, 5.41) is 0. The van der Waals surface area contributed by atoms with E-state index < -0.39 is 0 Å². The van der Waals surface area contributed by atoms with Gasteiger partial charge >= 0.3 is 0 Å². The maximum atomic E-state index is 0. The van der Waals surface area contributed by atoms with Gasteiger partial charge < -0.3 is 0 Å². The van der Waals surface area contributed by atoms with Crippen LogP contribution in [-0.4, -0.2) is 8.41 Å². The second-order valence-electron chi connectivity index (χ2n) is 0. The SMILES string of the molecule is B.[Fe].[Mo].[Ni]. The zero-order valence-electron chi connectivity index (χ0n) is 1.08. The van der Waals surface area contributed by atoms with Crippen LogP contribution in [0.4, 0.5) is 0 Å². The normalized spacial score (nSPS) is 0. The van der Waals surface area contributed by atoms with Crippen molar-refractivity contribution in [1.29, 1.82) is 0 Å². The van der Waals surface area contributed by atoms with Crippen molar-refractivity contribution >= 4 is 8.41 Å². The van der Waals surface area contributed by atoms with E-state index in [1.54, 1.807) is 0 Å². The van der Waals surface area contributed by atoms with Crippen LogP contribution in [0.2, 0.25) is 0 Å². The van der Waals surface area contributed by atoms with Crippen LogP contribution in [0.15, 0.2) is 0 Å². The number of hydrogen-bond donors (Lipinski definition) is 0. The molecule has 0 nitrogen and oxygen atoms in total. The van der Waals surface area contributed by atoms with Gasteiger partial charge in [0.05, 0.1) is 8.41 Å². The van der Waals surface area contributed by atoms with Crippen molar-refractivity contribution in [3.8, 4) is 0 Å². The second-order valence-corrected chi connectivity index (χ2v) is 0. The molecular weight excluding hydrogens is 221 g/mol. The first kappa shape index (κ1) is 42.0. The Morgan fingerprint density at radius 2 is 1.00 bits per heavy atom. The van der Waals surface area contributed by atoms with Gasteiger partial charge in [-0.15, -0.1) is 0 Å². The molecular formula is H3BFeMoNi. The molecule has 0 aliphatic rings. The molecule has 0 atom stereocenters. The summed E-state index contributed by atoms with van der Waals surface area (Å²) in [6.07, 6.45) is 0. The van der Waals surface area contributed by atoms with E-state index in [1.165, 1.54) is 0 Å². The molecule has 4 heavy (non-hydrogen) atoms. The minimum Gasteiger partial charge on any atom is 0 e. The van der Waals surface area contributed by atoms with Gasteiger partial charge in [0.2, 0.25) is 0 Å². The van der Waals surface area contributed by atoms with Crippen molar-refractivity contribution in [2.75, 3.05) is 0 Å². The number of hydrogen-bond acceptors (Lipinski definition) is 0. The molecule has 0 saturated heterocycles. The van der Waals surface area contributed by atoms with Gasteiger partial charge in [-0.1, -0.05) is 0 Å². The Morgan fingerprint density at radius 3 is 1.00 bits per heavy atom. The van der Waals surface area contributed by atoms with Crippen molar-refractivity contribution < 1.29 is 54.6 Å². The molecule has 0 heterocycles. The second kappa shape index (κ2) is 21.7. The van der Waals surface area contributed by atoms with Crippen LogP contribution in [0.3, 0.4) is 0 Å². The summed E-state index contributed by atoms with van der Waals surface area (Å²) in [6, 6.07) is 0. The standard InChI is InChI=1S/BH3.Fe.Mo.Ni/h1H3;;;. The molecule has 0 radical (unpaired) electrons. The molecule has 0 aromatic heterocycles. The molecule has 0 aromatic carbocycles. The van der Waals surface area contributed by atoms with Gasteiger partial charge in [0.25, 0.3) is 0 Å². The summed E-state index contributed by atoms with van der Waals surface area (Å²) in [6.45, 7) is 0. The van der Waals surface area contributed by atoms with Gasteiger partial charge in [0.1, 0.15) is 0 Å². The maximum absolute atomic E-state index is 0. The summed E-state index contributed by atoms with van der Waals surface area (Å²) in [5.74, 6) is 0. The fourth-order valence-electron chi connectivity index (χ4n) is 0. The minimum atomic E-state index is 0.